The zero-order valence-corrected chi connectivity index (χ0v) is 13.2. The highest BCUT2D eigenvalue weighted by atomic mass is 35.5. The smallest absolute Gasteiger partial charge is 0.239 e. The third kappa shape index (κ3) is 2.78. The summed E-state index contributed by atoms with van der Waals surface area (Å²) in [4.78, 5) is 25.5. The van der Waals surface area contributed by atoms with Crippen LogP contribution in [0.2, 0.25) is 0 Å². The molecule has 22 heavy (non-hydrogen) atoms. The second kappa shape index (κ2) is 6.18. The molecule has 3 rings (SSSR count). The largest absolute Gasteiger partial charge is 0.316 e. The molecular weight excluding hydrogens is 325 g/mol. The summed E-state index contributed by atoms with van der Waals surface area (Å²) in [6.45, 7) is 0. The van der Waals surface area contributed by atoms with Crippen LogP contribution >= 0.6 is 22.9 Å². The van der Waals surface area contributed by atoms with Crippen molar-refractivity contribution in [2.24, 2.45) is 0 Å². The van der Waals surface area contributed by atoms with E-state index in [1.165, 1.54) is 35.6 Å². The molecule has 0 radical (unpaired) electrons. The van der Waals surface area contributed by atoms with E-state index in [4.69, 9.17) is 11.6 Å². The average Bonchev–Trinajstić information content (AvgIpc) is 3.07. The Kier molecular flexibility index (Phi) is 4.27. The molecule has 0 fully saturated rings. The van der Waals surface area contributed by atoms with Gasteiger partial charge in [-0.25, -0.2) is 4.39 Å². The monoisotopic (exact) mass is 337 g/mol. The van der Waals surface area contributed by atoms with Crippen LogP contribution in [0.1, 0.15) is 32.8 Å². The predicted molar refractivity (Wildman–Crippen MR) is 85.5 cm³/mol. The fraction of sp³-hybridized carbons (Fsp3) is 0.250. The Labute approximate surface area is 136 Å². The van der Waals surface area contributed by atoms with E-state index >= 15 is 0 Å². The summed E-state index contributed by atoms with van der Waals surface area (Å²) in [5.41, 5.74) is 1.95. The lowest BCUT2D eigenvalue weighted by Crippen LogP contribution is -2.15. The van der Waals surface area contributed by atoms with E-state index in [-0.39, 0.29) is 23.4 Å². The van der Waals surface area contributed by atoms with E-state index < -0.39 is 0 Å². The van der Waals surface area contributed by atoms with Gasteiger partial charge in [-0.2, -0.15) is 0 Å². The number of hydrogen-bond donors (Lipinski definition) is 1. The number of benzene rings is 1. The second-order valence-corrected chi connectivity index (χ2v) is 6.45. The number of carbonyl (C=O) groups is 2. The minimum atomic E-state index is -0.386. The van der Waals surface area contributed by atoms with Gasteiger partial charge in [-0.15, -0.1) is 22.9 Å². The molecule has 1 aliphatic carbocycles. The van der Waals surface area contributed by atoms with Crippen molar-refractivity contribution in [1.29, 1.82) is 0 Å². The van der Waals surface area contributed by atoms with Crippen LogP contribution in [0.25, 0.3) is 0 Å². The number of fused-ring (bicyclic) bond motifs is 1. The molecule has 114 valence electrons. The number of amides is 1. The molecule has 0 spiro atoms. The van der Waals surface area contributed by atoms with Gasteiger partial charge in [0.05, 0.1) is 5.56 Å². The van der Waals surface area contributed by atoms with Gasteiger partial charge in [-0.1, -0.05) is 0 Å². The molecule has 0 aliphatic heterocycles. The van der Waals surface area contributed by atoms with Crippen LogP contribution in [0.3, 0.4) is 0 Å². The van der Waals surface area contributed by atoms with Crippen LogP contribution in [0.15, 0.2) is 24.3 Å². The highest BCUT2D eigenvalue weighted by Crippen LogP contribution is 2.40. The summed E-state index contributed by atoms with van der Waals surface area (Å²) >= 11 is 6.96. The van der Waals surface area contributed by atoms with E-state index in [2.05, 4.69) is 5.32 Å². The quantitative estimate of drug-likeness (QED) is 0.681. The van der Waals surface area contributed by atoms with Crippen molar-refractivity contribution in [2.75, 3.05) is 11.2 Å². The van der Waals surface area contributed by atoms with Crippen molar-refractivity contribution in [2.45, 2.75) is 19.3 Å². The Hall–Kier alpha value is -1.72. The van der Waals surface area contributed by atoms with Gasteiger partial charge in [-0.05, 0) is 49.1 Å². The number of thiophene rings is 1. The van der Waals surface area contributed by atoms with Crippen molar-refractivity contribution in [3.05, 3.63) is 51.7 Å². The van der Waals surface area contributed by atoms with E-state index in [9.17, 15) is 14.0 Å². The van der Waals surface area contributed by atoms with E-state index in [1.54, 1.807) is 0 Å². The van der Waals surface area contributed by atoms with Gasteiger partial charge in [0.1, 0.15) is 16.7 Å². The van der Waals surface area contributed by atoms with Crippen molar-refractivity contribution < 1.29 is 14.0 Å². The molecule has 1 heterocycles. The maximum absolute atomic E-state index is 13.0. The Bertz CT molecular complexity index is 739. The molecular formula is C16H13ClFNO2S. The second-order valence-electron chi connectivity index (χ2n) is 5.08. The molecule has 0 saturated carbocycles. The number of nitrogens with one attached hydrogen (secondary N) is 1. The lowest BCUT2D eigenvalue weighted by molar-refractivity contribution is -0.113. The van der Waals surface area contributed by atoms with Crippen LogP contribution < -0.4 is 5.32 Å². The number of halogens is 2. The summed E-state index contributed by atoms with van der Waals surface area (Å²) < 4.78 is 13.0. The first-order valence-electron chi connectivity index (χ1n) is 6.90. The molecule has 1 aromatic heterocycles. The maximum Gasteiger partial charge on any atom is 0.239 e. The van der Waals surface area contributed by atoms with E-state index in [0.717, 1.165) is 29.7 Å². The third-order valence-electron chi connectivity index (χ3n) is 3.63. The van der Waals surface area contributed by atoms with Gasteiger partial charge in [0.2, 0.25) is 5.91 Å². The highest BCUT2D eigenvalue weighted by molar-refractivity contribution is 7.17. The number of hydrogen-bond acceptors (Lipinski definition) is 3. The number of alkyl halides is 1. The lowest BCUT2D eigenvalue weighted by atomic mass is 10.0. The molecule has 1 aliphatic rings. The highest BCUT2D eigenvalue weighted by Gasteiger charge is 2.27. The summed E-state index contributed by atoms with van der Waals surface area (Å²) in [6.07, 6.45) is 2.75. The number of anilines is 1. The summed E-state index contributed by atoms with van der Waals surface area (Å²) in [7, 11) is 0. The van der Waals surface area contributed by atoms with Crippen molar-refractivity contribution in [1.82, 2.24) is 0 Å². The van der Waals surface area contributed by atoms with Gasteiger partial charge in [0, 0.05) is 10.4 Å². The molecule has 1 N–H and O–H groups in total. The summed E-state index contributed by atoms with van der Waals surface area (Å²) in [6, 6.07) is 5.45. The number of rotatable bonds is 4. The van der Waals surface area contributed by atoms with E-state index in [0.29, 0.717) is 16.1 Å². The van der Waals surface area contributed by atoms with Gasteiger partial charge >= 0.3 is 0 Å². The van der Waals surface area contributed by atoms with Gasteiger partial charge in [0.15, 0.2) is 5.78 Å². The topological polar surface area (TPSA) is 46.2 Å². The van der Waals surface area contributed by atoms with Crippen LogP contribution in [-0.4, -0.2) is 17.6 Å². The van der Waals surface area contributed by atoms with Crippen LogP contribution in [0, 0.1) is 5.82 Å². The summed E-state index contributed by atoms with van der Waals surface area (Å²) in [5, 5.41) is 3.25. The molecule has 1 amide bonds. The molecule has 2 aromatic rings. The minimum Gasteiger partial charge on any atom is -0.316 e. The van der Waals surface area contributed by atoms with Gasteiger partial charge < -0.3 is 5.32 Å². The van der Waals surface area contributed by atoms with E-state index in [1.807, 2.05) is 0 Å². The lowest BCUT2D eigenvalue weighted by Gasteiger charge is -2.07. The zero-order valence-electron chi connectivity index (χ0n) is 11.6. The Morgan fingerprint density at radius 1 is 1.23 bits per heavy atom. The first kappa shape index (κ1) is 15.2. The zero-order chi connectivity index (χ0) is 15.7. The maximum atomic E-state index is 13.0. The Balaban J connectivity index is 2.02. The molecule has 6 heteroatoms. The van der Waals surface area contributed by atoms with Crippen molar-refractivity contribution in [3.8, 4) is 0 Å². The Morgan fingerprint density at radius 3 is 2.64 bits per heavy atom. The van der Waals surface area contributed by atoms with Crippen LogP contribution in [-0.2, 0) is 17.6 Å². The molecule has 0 bridgehead atoms. The third-order valence-corrected chi connectivity index (χ3v) is 5.08. The first-order valence-corrected chi connectivity index (χ1v) is 8.26. The molecule has 1 aromatic carbocycles. The fourth-order valence-corrected chi connectivity index (χ4v) is 4.01. The van der Waals surface area contributed by atoms with Crippen LogP contribution in [0.4, 0.5) is 9.39 Å². The minimum absolute atomic E-state index is 0.160. The normalized spacial score (nSPS) is 13.0. The first-order chi connectivity index (χ1) is 10.6. The van der Waals surface area contributed by atoms with Crippen molar-refractivity contribution in [3.63, 3.8) is 0 Å². The number of carbonyl (C=O) groups excluding carboxylic acids is 2. The van der Waals surface area contributed by atoms with Crippen molar-refractivity contribution >= 4 is 39.6 Å². The molecule has 0 saturated heterocycles. The van der Waals surface area contributed by atoms with Gasteiger partial charge in [0.25, 0.3) is 0 Å². The SMILES string of the molecule is O=C(CCl)Nc1sc2c(c1C(=O)c1ccc(F)cc1)CCC2. The summed E-state index contributed by atoms with van der Waals surface area (Å²) in [5.74, 6) is -1.07. The Morgan fingerprint density at radius 2 is 1.95 bits per heavy atom. The molecule has 0 atom stereocenters. The fourth-order valence-electron chi connectivity index (χ4n) is 2.64. The molecule has 0 unspecified atom stereocenters. The average molecular weight is 338 g/mol. The van der Waals surface area contributed by atoms with Gasteiger partial charge in [-0.3, -0.25) is 9.59 Å². The molecule has 3 nitrogen and oxygen atoms in total. The number of ketones is 1. The standard InChI is InChI=1S/C16H13ClFNO2S/c17-8-13(20)19-16-14(11-2-1-3-12(11)22-16)15(21)9-4-6-10(18)7-5-9/h4-7H,1-3,8H2,(H,19,20). The number of aryl methyl sites for hydroxylation is 1. The van der Waals surface area contributed by atoms with Crippen LogP contribution in [0.5, 0.6) is 0 Å². The predicted octanol–water partition coefficient (Wildman–Crippen LogP) is 3.78.